The number of hydrogen-bond acceptors (Lipinski definition) is 3. The number of rotatable bonds is 4. The van der Waals surface area contributed by atoms with Crippen molar-refractivity contribution in [3.63, 3.8) is 0 Å². The molecule has 0 spiro atoms. The van der Waals surface area contributed by atoms with Crippen LogP contribution < -0.4 is 5.32 Å². The number of aryl methyl sites for hydroxylation is 2. The zero-order valence-corrected chi connectivity index (χ0v) is 13.2. The summed E-state index contributed by atoms with van der Waals surface area (Å²) in [5.74, 6) is 0.762. The zero-order valence-electron chi connectivity index (χ0n) is 13.2. The molecule has 0 unspecified atom stereocenters. The Balaban J connectivity index is 1.77. The second-order valence-corrected chi connectivity index (χ2v) is 5.66. The molecule has 3 aromatic rings. The Bertz CT molecular complexity index is 867. The Morgan fingerprint density at radius 2 is 2.17 bits per heavy atom. The van der Waals surface area contributed by atoms with Crippen molar-refractivity contribution >= 4 is 16.8 Å². The number of carbonyl (C=O) groups excluding carboxylic acids is 1. The van der Waals surface area contributed by atoms with Gasteiger partial charge in [-0.3, -0.25) is 9.89 Å². The van der Waals surface area contributed by atoms with Gasteiger partial charge in [0.1, 0.15) is 11.6 Å². The molecule has 0 aliphatic heterocycles. The molecule has 2 aromatic heterocycles. The third-order valence-electron chi connectivity index (χ3n) is 3.80. The Labute approximate surface area is 132 Å². The molecule has 3 N–H and O–H groups in total. The van der Waals surface area contributed by atoms with Gasteiger partial charge in [-0.15, -0.1) is 0 Å². The van der Waals surface area contributed by atoms with Gasteiger partial charge in [0.05, 0.1) is 12.5 Å². The molecule has 1 amide bonds. The van der Waals surface area contributed by atoms with Crippen LogP contribution in [0.1, 0.15) is 35.9 Å². The third-order valence-corrected chi connectivity index (χ3v) is 3.80. The summed E-state index contributed by atoms with van der Waals surface area (Å²) in [6, 6.07) is 4.23. The van der Waals surface area contributed by atoms with Crippen molar-refractivity contribution in [1.82, 2.24) is 25.5 Å². The van der Waals surface area contributed by atoms with E-state index in [1.807, 2.05) is 13.8 Å². The lowest BCUT2D eigenvalue weighted by atomic mass is 10.1. The molecule has 2 heterocycles. The molecule has 120 valence electrons. The molecule has 0 bridgehead atoms. The first kappa shape index (κ1) is 15.2. The van der Waals surface area contributed by atoms with Crippen LogP contribution in [0.5, 0.6) is 0 Å². The standard InChI is InChI=1S/C16H18FN5O/c1-8-12(13-6-11(17)4-5-14(13)18-8)7-15(23)19-9(2)16-20-10(3)21-22-16/h4-6,9,18H,7H2,1-3H3,(H,19,23)(H,20,21,22)/t9-/m0/s1. The number of fused-ring (bicyclic) bond motifs is 1. The van der Waals surface area contributed by atoms with E-state index in [1.165, 1.54) is 12.1 Å². The van der Waals surface area contributed by atoms with Gasteiger partial charge in [-0.1, -0.05) is 0 Å². The highest BCUT2D eigenvalue weighted by Gasteiger charge is 2.17. The number of halogens is 1. The molecule has 0 saturated heterocycles. The van der Waals surface area contributed by atoms with Gasteiger partial charge in [-0.05, 0) is 44.5 Å². The van der Waals surface area contributed by atoms with Crippen molar-refractivity contribution in [3.8, 4) is 0 Å². The molecule has 1 atom stereocenters. The SMILES string of the molecule is Cc1nc([C@H](C)NC(=O)Cc2c(C)[nH]c3ccc(F)cc23)n[nH]1. The second kappa shape index (κ2) is 5.83. The van der Waals surface area contributed by atoms with E-state index in [9.17, 15) is 9.18 Å². The van der Waals surface area contributed by atoms with Gasteiger partial charge in [-0.25, -0.2) is 9.37 Å². The summed E-state index contributed by atoms with van der Waals surface area (Å²) >= 11 is 0. The van der Waals surface area contributed by atoms with Crippen molar-refractivity contribution in [2.75, 3.05) is 0 Å². The number of nitrogens with zero attached hydrogens (tertiary/aromatic N) is 2. The fourth-order valence-electron chi connectivity index (χ4n) is 2.65. The average molecular weight is 315 g/mol. The van der Waals surface area contributed by atoms with Gasteiger partial charge in [0.2, 0.25) is 5.91 Å². The average Bonchev–Trinajstić information content (AvgIpc) is 3.04. The van der Waals surface area contributed by atoms with Crippen LogP contribution in [-0.2, 0) is 11.2 Å². The van der Waals surface area contributed by atoms with Crippen molar-refractivity contribution < 1.29 is 9.18 Å². The van der Waals surface area contributed by atoms with E-state index in [4.69, 9.17) is 0 Å². The van der Waals surface area contributed by atoms with E-state index in [0.29, 0.717) is 11.6 Å². The number of aromatic amines is 2. The predicted molar refractivity (Wildman–Crippen MR) is 84.4 cm³/mol. The Hall–Kier alpha value is -2.70. The largest absolute Gasteiger partial charge is 0.358 e. The molecule has 23 heavy (non-hydrogen) atoms. The van der Waals surface area contributed by atoms with Gasteiger partial charge in [0, 0.05) is 16.6 Å². The van der Waals surface area contributed by atoms with E-state index in [1.54, 1.807) is 13.0 Å². The smallest absolute Gasteiger partial charge is 0.225 e. The molecule has 0 radical (unpaired) electrons. The fraction of sp³-hybridized carbons (Fsp3) is 0.312. The minimum absolute atomic E-state index is 0.159. The number of aromatic nitrogens is 4. The number of H-pyrrole nitrogens is 2. The molecule has 1 aromatic carbocycles. The summed E-state index contributed by atoms with van der Waals surface area (Å²) in [5, 5.41) is 10.4. The Morgan fingerprint density at radius 1 is 1.39 bits per heavy atom. The molecule has 3 rings (SSSR count). The van der Waals surface area contributed by atoms with Gasteiger partial charge in [-0.2, -0.15) is 5.10 Å². The molecule has 0 aliphatic carbocycles. The fourth-order valence-corrected chi connectivity index (χ4v) is 2.65. The van der Waals surface area contributed by atoms with Crippen molar-refractivity contribution in [2.24, 2.45) is 0 Å². The molecule has 0 fully saturated rings. The lowest BCUT2D eigenvalue weighted by Gasteiger charge is -2.10. The number of carbonyl (C=O) groups is 1. The molecule has 0 saturated carbocycles. The highest BCUT2D eigenvalue weighted by Crippen LogP contribution is 2.23. The van der Waals surface area contributed by atoms with Crippen LogP contribution in [0.4, 0.5) is 4.39 Å². The summed E-state index contributed by atoms with van der Waals surface area (Å²) in [5.41, 5.74) is 2.49. The van der Waals surface area contributed by atoms with Crippen molar-refractivity contribution in [2.45, 2.75) is 33.2 Å². The van der Waals surface area contributed by atoms with Crippen LogP contribution in [0.2, 0.25) is 0 Å². The third kappa shape index (κ3) is 3.08. The number of hydrogen-bond donors (Lipinski definition) is 3. The van der Waals surface area contributed by atoms with E-state index in [2.05, 4.69) is 25.5 Å². The summed E-state index contributed by atoms with van der Waals surface area (Å²) in [6.45, 7) is 5.50. The van der Waals surface area contributed by atoms with Gasteiger partial charge >= 0.3 is 0 Å². The van der Waals surface area contributed by atoms with Crippen LogP contribution in [0, 0.1) is 19.7 Å². The summed E-state index contributed by atoms with van der Waals surface area (Å²) in [4.78, 5) is 19.7. The maximum atomic E-state index is 13.5. The highest BCUT2D eigenvalue weighted by molar-refractivity contribution is 5.90. The predicted octanol–water partition coefficient (Wildman–Crippen LogP) is 2.46. The minimum atomic E-state index is -0.317. The first-order valence-electron chi connectivity index (χ1n) is 7.39. The van der Waals surface area contributed by atoms with E-state index >= 15 is 0 Å². The first-order chi connectivity index (χ1) is 10.9. The zero-order chi connectivity index (χ0) is 16.6. The van der Waals surface area contributed by atoms with E-state index in [-0.39, 0.29) is 24.2 Å². The van der Waals surface area contributed by atoms with Crippen LogP contribution in [0.3, 0.4) is 0 Å². The highest BCUT2D eigenvalue weighted by atomic mass is 19.1. The normalized spacial score (nSPS) is 12.5. The number of nitrogens with one attached hydrogen (secondary N) is 3. The van der Waals surface area contributed by atoms with Crippen LogP contribution in [0.15, 0.2) is 18.2 Å². The van der Waals surface area contributed by atoms with Crippen LogP contribution in [-0.4, -0.2) is 26.1 Å². The monoisotopic (exact) mass is 315 g/mol. The maximum Gasteiger partial charge on any atom is 0.225 e. The van der Waals surface area contributed by atoms with Gasteiger partial charge in [0.25, 0.3) is 0 Å². The summed E-state index contributed by atoms with van der Waals surface area (Å²) in [7, 11) is 0. The van der Waals surface area contributed by atoms with Gasteiger partial charge in [0.15, 0.2) is 5.82 Å². The number of amides is 1. The summed E-state index contributed by atoms with van der Waals surface area (Å²) in [6.07, 6.45) is 0.170. The molecular formula is C16H18FN5O. The van der Waals surface area contributed by atoms with Crippen molar-refractivity contribution in [1.29, 1.82) is 0 Å². The number of benzene rings is 1. The lowest BCUT2D eigenvalue weighted by molar-refractivity contribution is -0.121. The van der Waals surface area contributed by atoms with Gasteiger partial charge < -0.3 is 10.3 Å². The quantitative estimate of drug-likeness (QED) is 0.691. The van der Waals surface area contributed by atoms with Crippen LogP contribution in [0.25, 0.3) is 10.9 Å². The van der Waals surface area contributed by atoms with Crippen molar-refractivity contribution in [3.05, 3.63) is 46.9 Å². The first-order valence-corrected chi connectivity index (χ1v) is 7.39. The lowest BCUT2D eigenvalue weighted by Crippen LogP contribution is -2.29. The molecule has 6 nitrogen and oxygen atoms in total. The minimum Gasteiger partial charge on any atom is -0.358 e. The van der Waals surface area contributed by atoms with Crippen LogP contribution >= 0.6 is 0 Å². The maximum absolute atomic E-state index is 13.5. The van der Waals surface area contributed by atoms with E-state index in [0.717, 1.165) is 22.2 Å². The Kier molecular flexibility index (Phi) is 3.85. The molecule has 7 heteroatoms. The molecular weight excluding hydrogens is 297 g/mol. The molecule has 0 aliphatic rings. The summed E-state index contributed by atoms with van der Waals surface area (Å²) < 4.78 is 13.5. The second-order valence-electron chi connectivity index (χ2n) is 5.66. The Morgan fingerprint density at radius 3 is 2.87 bits per heavy atom. The van der Waals surface area contributed by atoms with E-state index < -0.39 is 0 Å². The topological polar surface area (TPSA) is 86.5 Å².